The second-order valence-corrected chi connectivity index (χ2v) is 5.18. The van der Waals surface area contributed by atoms with Crippen LogP contribution >= 0.6 is 0 Å². The number of hydrogen-bond acceptors (Lipinski definition) is 5. The van der Waals surface area contributed by atoms with Crippen LogP contribution in [0.1, 0.15) is 12.3 Å². The van der Waals surface area contributed by atoms with E-state index in [1.807, 2.05) is 0 Å². The Morgan fingerprint density at radius 3 is 2.76 bits per heavy atom. The Morgan fingerprint density at radius 1 is 1.38 bits per heavy atom. The highest BCUT2D eigenvalue weighted by molar-refractivity contribution is 5.67. The molecule has 110 valence electrons. The van der Waals surface area contributed by atoms with Crippen LogP contribution in [0.15, 0.2) is 28.8 Å². The molecule has 1 saturated heterocycles. The molecule has 21 heavy (non-hydrogen) atoms. The lowest BCUT2D eigenvalue weighted by atomic mass is 9.97. The van der Waals surface area contributed by atoms with Crippen molar-refractivity contribution in [1.29, 1.82) is 0 Å². The topological polar surface area (TPSA) is 79.5 Å². The zero-order valence-electron chi connectivity index (χ0n) is 11.2. The van der Waals surface area contributed by atoms with E-state index in [1.54, 1.807) is 12.1 Å². The maximum absolute atomic E-state index is 12.8. The number of aliphatic carboxylic acids is 1. The van der Waals surface area contributed by atoms with E-state index in [0.29, 0.717) is 23.8 Å². The number of aromatic nitrogens is 2. The van der Waals surface area contributed by atoms with Crippen LogP contribution in [0.5, 0.6) is 0 Å². The van der Waals surface area contributed by atoms with Gasteiger partial charge >= 0.3 is 5.97 Å². The Hall–Kier alpha value is -2.28. The number of carboxylic acid groups (broad SMARTS) is 1. The van der Waals surface area contributed by atoms with Crippen LogP contribution in [0, 0.1) is 11.7 Å². The van der Waals surface area contributed by atoms with Crippen LogP contribution < -0.4 is 0 Å². The van der Waals surface area contributed by atoms with Gasteiger partial charge in [0.25, 0.3) is 0 Å². The highest BCUT2D eigenvalue weighted by Gasteiger charge is 2.29. The molecule has 0 saturated carbocycles. The molecular formula is C14H14FN3O3. The molecule has 2 aromatic rings. The minimum Gasteiger partial charge on any atom is -0.481 e. The van der Waals surface area contributed by atoms with Gasteiger partial charge in [0.05, 0.1) is 13.0 Å². The fourth-order valence-electron chi connectivity index (χ4n) is 2.41. The van der Waals surface area contributed by atoms with E-state index in [0.717, 1.165) is 13.1 Å². The van der Waals surface area contributed by atoms with Crippen molar-refractivity contribution in [2.24, 2.45) is 5.92 Å². The molecule has 0 unspecified atom stereocenters. The minimum absolute atomic E-state index is 0.196. The summed E-state index contributed by atoms with van der Waals surface area (Å²) in [5, 5.41) is 12.6. The van der Waals surface area contributed by atoms with Crippen LogP contribution in [0.4, 0.5) is 4.39 Å². The molecule has 1 aromatic carbocycles. The first-order valence-corrected chi connectivity index (χ1v) is 6.63. The maximum Gasteiger partial charge on any atom is 0.303 e. The number of nitrogens with zero attached hydrogens (tertiary/aromatic N) is 3. The Balaban J connectivity index is 1.57. The molecular weight excluding hydrogens is 277 g/mol. The van der Waals surface area contributed by atoms with Crippen molar-refractivity contribution in [3.05, 3.63) is 36.0 Å². The molecule has 2 heterocycles. The summed E-state index contributed by atoms with van der Waals surface area (Å²) in [4.78, 5) is 16.9. The molecule has 0 spiro atoms. The molecule has 6 nitrogen and oxygen atoms in total. The smallest absolute Gasteiger partial charge is 0.303 e. The van der Waals surface area contributed by atoms with Gasteiger partial charge < -0.3 is 9.63 Å². The average Bonchev–Trinajstić information content (AvgIpc) is 2.85. The van der Waals surface area contributed by atoms with E-state index in [9.17, 15) is 9.18 Å². The van der Waals surface area contributed by atoms with Crippen LogP contribution in [-0.4, -0.2) is 39.2 Å². The van der Waals surface area contributed by atoms with Crippen molar-refractivity contribution in [2.75, 3.05) is 13.1 Å². The number of rotatable bonds is 5. The highest BCUT2D eigenvalue weighted by Crippen LogP contribution is 2.22. The first-order valence-electron chi connectivity index (χ1n) is 6.63. The summed E-state index contributed by atoms with van der Waals surface area (Å²) in [5.74, 6) is 0.0151. The Bertz CT molecular complexity index is 635. The molecule has 0 aliphatic carbocycles. The third kappa shape index (κ3) is 3.25. The van der Waals surface area contributed by atoms with Gasteiger partial charge in [-0.05, 0) is 30.2 Å². The van der Waals surface area contributed by atoms with E-state index in [2.05, 4.69) is 15.0 Å². The highest BCUT2D eigenvalue weighted by atomic mass is 19.1. The zero-order valence-corrected chi connectivity index (χ0v) is 11.2. The van der Waals surface area contributed by atoms with Crippen molar-refractivity contribution in [1.82, 2.24) is 15.0 Å². The largest absolute Gasteiger partial charge is 0.481 e. The van der Waals surface area contributed by atoms with Gasteiger partial charge in [0.1, 0.15) is 5.82 Å². The Kier molecular flexibility index (Phi) is 3.66. The minimum atomic E-state index is -0.768. The quantitative estimate of drug-likeness (QED) is 0.904. The molecule has 1 fully saturated rings. The Labute approximate surface area is 120 Å². The van der Waals surface area contributed by atoms with E-state index < -0.39 is 5.97 Å². The summed E-state index contributed by atoms with van der Waals surface area (Å²) < 4.78 is 18.0. The number of benzene rings is 1. The summed E-state index contributed by atoms with van der Waals surface area (Å²) in [5.41, 5.74) is 0.693. The van der Waals surface area contributed by atoms with E-state index >= 15 is 0 Å². The van der Waals surface area contributed by atoms with Gasteiger partial charge in [-0.2, -0.15) is 4.98 Å². The molecule has 3 rings (SSSR count). The van der Waals surface area contributed by atoms with Crippen LogP contribution in [-0.2, 0) is 11.3 Å². The number of halogens is 1. The SMILES string of the molecule is O=C(O)CC1CN(Cc2nc(-c3ccc(F)cc3)no2)C1. The molecule has 1 aliphatic rings. The zero-order chi connectivity index (χ0) is 14.8. The second-order valence-electron chi connectivity index (χ2n) is 5.18. The molecule has 1 aromatic heterocycles. The lowest BCUT2D eigenvalue weighted by Gasteiger charge is -2.37. The van der Waals surface area contributed by atoms with Gasteiger partial charge in [-0.25, -0.2) is 4.39 Å². The number of likely N-dealkylation sites (tertiary alicyclic amines) is 1. The van der Waals surface area contributed by atoms with Crippen LogP contribution in [0.2, 0.25) is 0 Å². The Morgan fingerprint density at radius 2 is 2.10 bits per heavy atom. The lowest BCUT2D eigenvalue weighted by molar-refractivity contribution is -0.139. The maximum atomic E-state index is 12.8. The molecule has 0 atom stereocenters. The van der Waals surface area contributed by atoms with Gasteiger partial charge in [-0.15, -0.1) is 0 Å². The third-order valence-corrected chi connectivity index (χ3v) is 3.43. The molecule has 0 radical (unpaired) electrons. The molecule has 0 amide bonds. The first-order chi connectivity index (χ1) is 10.1. The molecule has 1 aliphatic heterocycles. The number of hydrogen-bond donors (Lipinski definition) is 1. The lowest BCUT2D eigenvalue weighted by Crippen LogP contribution is -2.46. The van der Waals surface area contributed by atoms with Crippen molar-refractivity contribution in [3.8, 4) is 11.4 Å². The fourth-order valence-corrected chi connectivity index (χ4v) is 2.41. The van der Waals surface area contributed by atoms with Crippen molar-refractivity contribution in [3.63, 3.8) is 0 Å². The molecule has 1 N–H and O–H groups in total. The summed E-state index contributed by atoms with van der Waals surface area (Å²) in [7, 11) is 0. The predicted octanol–water partition coefficient (Wildman–Crippen LogP) is 1.78. The second kappa shape index (κ2) is 5.61. The number of carboxylic acids is 1. The summed E-state index contributed by atoms with van der Waals surface area (Å²) in [6.45, 7) is 1.95. The van der Waals surface area contributed by atoms with E-state index in [-0.39, 0.29) is 18.2 Å². The summed E-state index contributed by atoms with van der Waals surface area (Å²) in [6, 6.07) is 5.88. The van der Waals surface area contributed by atoms with Crippen LogP contribution in [0.25, 0.3) is 11.4 Å². The molecule has 7 heteroatoms. The van der Waals surface area contributed by atoms with Crippen molar-refractivity contribution < 1.29 is 18.8 Å². The summed E-state index contributed by atoms with van der Waals surface area (Å²) >= 11 is 0. The van der Waals surface area contributed by atoms with E-state index in [4.69, 9.17) is 9.63 Å². The predicted molar refractivity (Wildman–Crippen MR) is 70.7 cm³/mol. The first kappa shape index (κ1) is 13.7. The normalized spacial score (nSPS) is 15.9. The standard InChI is InChI=1S/C14H14FN3O3/c15-11-3-1-10(2-4-11)14-16-12(21-17-14)8-18-6-9(7-18)5-13(19)20/h1-4,9H,5-8H2,(H,19,20). The fraction of sp³-hybridized carbons (Fsp3) is 0.357. The van der Waals surface area contributed by atoms with Crippen molar-refractivity contribution in [2.45, 2.75) is 13.0 Å². The monoisotopic (exact) mass is 291 g/mol. The van der Waals surface area contributed by atoms with Gasteiger partial charge in [-0.3, -0.25) is 9.69 Å². The number of carbonyl (C=O) groups is 1. The average molecular weight is 291 g/mol. The van der Waals surface area contributed by atoms with Crippen molar-refractivity contribution >= 4 is 5.97 Å². The molecule has 0 bridgehead atoms. The summed E-state index contributed by atoms with van der Waals surface area (Å²) in [6.07, 6.45) is 0.196. The van der Waals surface area contributed by atoms with Gasteiger partial charge in [0.2, 0.25) is 11.7 Å². The van der Waals surface area contributed by atoms with Crippen LogP contribution in [0.3, 0.4) is 0 Å². The van der Waals surface area contributed by atoms with Gasteiger partial charge in [-0.1, -0.05) is 5.16 Å². The van der Waals surface area contributed by atoms with Gasteiger partial charge in [0.15, 0.2) is 0 Å². The van der Waals surface area contributed by atoms with E-state index in [1.165, 1.54) is 12.1 Å². The van der Waals surface area contributed by atoms with Gasteiger partial charge in [0, 0.05) is 18.7 Å². The third-order valence-electron chi connectivity index (χ3n) is 3.43.